The maximum atomic E-state index is 5.73. The first-order chi connectivity index (χ1) is 13.1. The molecule has 0 saturated carbocycles. The summed E-state index contributed by atoms with van der Waals surface area (Å²) in [4.78, 5) is 16.0. The molecule has 0 atom stereocenters. The van der Waals surface area contributed by atoms with E-state index < -0.39 is 0 Å². The fraction of sp³-hybridized carbons (Fsp3) is 0. The van der Waals surface area contributed by atoms with Gasteiger partial charge in [-0.25, -0.2) is 9.97 Å². The van der Waals surface area contributed by atoms with Gasteiger partial charge in [0.1, 0.15) is 10.3 Å². The van der Waals surface area contributed by atoms with Gasteiger partial charge in [-0.2, -0.15) is 20.2 Å². The van der Waals surface area contributed by atoms with Crippen LogP contribution in [-0.2, 0) is 0 Å². The third kappa shape index (κ3) is 5.87. The summed E-state index contributed by atoms with van der Waals surface area (Å²) in [6.07, 6.45) is 6.32. The second-order valence-corrected chi connectivity index (χ2v) is 5.84. The second-order valence-electron chi connectivity index (χ2n) is 5.07. The normalized spacial score (nSPS) is 11.2. The van der Waals surface area contributed by atoms with Crippen LogP contribution in [0.25, 0.3) is 0 Å². The van der Waals surface area contributed by atoms with Crippen molar-refractivity contribution in [3.63, 3.8) is 0 Å². The summed E-state index contributed by atoms with van der Waals surface area (Å²) in [5.41, 5.74) is 12.8. The van der Waals surface area contributed by atoms with E-state index >= 15 is 0 Å². The number of aromatic nitrogens is 4. The molecule has 3 rings (SSSR count). The molecule has 0 unspecified atom stereocenters. The summed E-state index contributed by atoms with van der Waals surface area (Å²) in [5.74, 6) is 0.854. The summed E-state index contributed by atoms with van der Waals surface area (Å²) in [6.45, 7) is 0. The zero-order valence-electron chi connectivity index (χ0n) is 13.7. The van der Waals surface area contributed by atoms with Crippen LogP contribution >= 0.6 is 23.2 Å². The first-order valence-corrected chi connectivity index (χ1v) is 8.30. The summed E-state index contributed by atoms with van der Waals surface area (Å²) < 4.78 is 0. The number of hydrogen-bond donors (Lipinski definition) is 3. The minimum Gasteiger partial charge on any atom is -0.368 e. The van der Waals surface area contributed by atoms with E-state index in [4.69, 9.17) is 28.9 Å². The van der Waals surface area contributed by atoms with Crippen molar-refractivity contribution in [2.45, 2.75) is 0 Å². The first kappa shape index (κ1) is 18.5. The standard InChI is InChI=1S/C16H13Cl2N9/c17-12-3-1-10(6-20-12)8-22-26-14-5-15(25-16(19)24-14)27-23-9-11-2-4-13(18)21-7-11/h1-9H,(H4,19,24,25,26,27)/b22-8+,23-9+. The van der Waals surface area contributed by atoms with Crippen LogP contribution in [0.15, 0.2) is 52.9 Å². The zero-order valence-corrected chi connectivity index (χ0v) is 15.2. The molecule has 27 heavy (non-hydrogen) atoms. The number of nitrogens with two attached hydrogens (primary N) is 1. The Morgan fingerprint density at radius 1 is 0.815 bits per heavy atom. The second kappa shape index (κ2) is 8.88. The van der Waals surface area contributed by atoms with Gasteiger partial charge < -0.3 is 5.73 Å². The van der Waals surface area contributed by atoms with Gasteiger partial charge in [0.15, 0.2) is 11.6 Å². The molecule has 0 aromatic carbocycles. The molecule has 3 heterocycles. The van der Waals surface area contributed by atoms with Crippen LogP contribution in [0.2, 0.25) is 10.3 Å². The number of anilines is 3. The first-order valence-electron chi connectivity index (χ1n) is 7.54. The average Bonchev–Trinajstić information content (AvgIpc) is 2.65. The molecule has 0 amide bonds. The Kier molecular flexibility index (Phi) is 6.08. The molecule has 3 aromatic rings. The minimum absolute atomic E-state index is 0.0641. The quantitative estimate of drug-likeness (QED) is 0.329. The molecule has 0 saturated heterocycles. The predicted octanol–water partition coefficient (Wildman–Crippen LogP) is 3.05. The SMILES string of the molecule is Nc1nc(N/N=C/c2ccc(Cl)nc2)cc(N/N=C/c2ccc(Cl)nc2)n1. The topological polar surface area (TPSA) is 126 Å². The number of nitrogens with zero attached hydrogens (tertiary/aromatic N) is 6. The van der Waals surface area contributed by atoms with E-state index in [9.17, 15) is 0 Å². The lowest BCUT2D eigenvalue weighted by Gasteiger charge is -2.04. The van der Waals surface area contributed by atoms with Crippen LogP contribution in [0, 0.1) is 0 Å². The fourth-order valence-electron chi connectivity index (χ4n) is 1.85. The highest BCUT2D eigenvalue weighted by Crippen LogP contribution is 2.13. The molecule has 136 valence electrons. The summed E-state index contributed by atoms with van der Waals surface area (Å²) in [7, 11) is 0. The Balaban J connectivity index is 1.63. The number of hydrogen-bond acceptors (Lipinski definition) is 9. The van der Waals surface area contributed by atoms with Gasteiger partial charge in [-0.15, -0.1) is 0 Å². The third-order valence-corrected chi connectivity index (χ3v) is 3.48. The summed E-state index contributed by atoms with van der Waals surface area (Å²) >= 11 is 11.5. The maximum Gasteiger partial charge on any atom is 0.224 e. The van der Waals surface area contributed by atoms with Gasteiger partial charge in [-0.05, 0) is 24.3 Å². The highest BCUT2D eigenvalue weighted by Gasteiger charge is 2.01. The maximum absolute atomic E-state index is 5.73. The number of pyridine rings is 2. The van der Waals surface area contributed by atoms with Gasteiger partial charge in [-0.3, -0.25) is 10.9 Å². The molecule has 0 bridgehead atoms. The van der Waals surface area contributed by atoms with Gasteiger partial charge in [0.25, 0.3) is 0 Å². The van der Waals surface area contributed by atoms with Crippen molar-refractivity contribution in [2.75, 3.05) is 16.6 Å². The Bertz CT molecular complexity index is 881. The Morgan fingerprint density at radius 2 is 1.30 bits per heavy atom. The van der Waals surface area contributed by atoms with E-state index in [2.05, 4.69) is 41.0 Å². The van der Waals surface area contributed by atoms with Crippen molar-refractivity contribution in [1.29, 1.82) is 0 Å². The highest BCUT2D eigenvalue weighted by molar-refractivity contribution is 6.29. The number of halogens is 2. The molecule has 3 aromatic heterocycles. The highest BCUT2D eigenvalue weighted by atomic mass is 35.5. The van der Waals surface area contributed by atoms with Crippen molar-refractivity contribution in [1.82, 2.24) is 19.9 Å². The van der Waals surface area contributed by atoms with E-state index in [1.54, 1.807) is 55.2 Å². The number of hydrazone groups is 2. The van der Waals surface area contributed by atoms with Crippen LogP contribution in [0.3, 0.4) is 0 Å². The van der Waals surface area contributed by atoms with Crippen LogP contribution in [-0.4, -0.2) is 32.4 Å². The van der Waals surface area contributed by atoms with Crippen molar-refractivity contribution in [3.05, 3.63) is 64.2 Å². The van der Waals surface area contributed by atoms with E-state index in [0.717, 1.165) is 11.1 Å². The molecule has 0 aliphatic heterocycles. The van der Waals surface area contributed by atoms with Crippen molar-refractivity contribution in [2.24, 2.45) is 10.2 Å². The van der Waals surface area contributed by atoms with E-state index in [-0.39, 0.29) is 5.95 Å². The number of nitrogen functional groups attached to an aromatic ring is 1. The van der Waals surface area contributed by atoms with Crippen molar-refractivity contribution in [3.8, 4) is 0 Å². The van der Waals surface area contributed by atoms with Gasteiger partial charge in [0.2, 0.25) is 5.95 Å². The Morgan fingerprint density at radius 3 is 1.70 bits per heavy atom. The van der Waals surface area contributed by atoms with Crippen LogP contribution in [0.5, 0.6) is 0 Å². The lowest BCUT2D eigenvalue weighted by Crippen LogP contribution is -2.03. The summed E-state index contributed by atoms with van der Waals surface area (Å²) in [5, 5.41) is 8.96. The van der Waals surface area contributed by atoms with E-state index in [1.165, 1.54) is 0 Å². The van der Waals surface area contributed by atoms with E-state index in [1.807, 2.05) is 0 Å². The molecule has 9 nitrogen and oxygen atoms in total. The number of rotatable bonds is 6. The fourth-order valence-corrected chi connectivity index (χ4v) is 2.08. The smallest absolute Gasteiger partial charge is 0.224 e. The van der Waals surface area contributed by atoms with Gasteiger partial charge in [-0.1, -0.05) is 23.2 Å². The average molecular weight is 402 g/mol. The molecule has 11 heteroatoms. The third-order valence-electron chi connectivity index (χ3n) is 3.03. The summed E-state index contributed by atoms with van der Waals surface area (Å²) in [6, 6.07) is 8.50. The molecular weight excluding hydrogens is 389 g/mol. The lowest BCUT2D eigenvalue weighted by molar-refractivity contribution is 1.13. The predicted molar refractivity (Wildman–Crippen MR) is 107 cm³/mol. The van der Waals surface area contributed by atoms with Gasteiger partial charge in [0.05, 0.1) is 12.4 Å². The lowest BCUT2D eigenvalue weighted by atomic mass is 10.3. The van der Waals surface area contributed by atoms with Crippen molar-refractivity contribution >= 4 is 53.2 Å². The van der Waals surface area contributed by atoms with Crippen LogP contribution < -0.4 is 16.6 Å². The number of nitrogens with one attached hydrogen (secondary N) is 2. The molecule has 0 aliphatic rings. The Labute approximate surface area is 164 Å². The van der Waals surface area contributed by atoms with Crippen LogP contribution in [0.4, 0.5) is 17.6 Å². The molecule has 0 aliphatic carbocycles. The van der Waals surface area contributed by atoms with E-state index in [0.29, 0.717) is 21.9 Å². The molecule has 4 N–H and O–H groups in total. The molecule has 0 fully saturated rings. The minimum atomic E-state index is 0.0641. The van der Waals surface area contributed by atoms with Crippen LogP contribution in [0.1, 0.15) is 11.1 Å². The molecular formula is C16H13Cl2N9. The van der Waals surface area contributed by atoms with Crippen molar-refractivity contribution < 1.29 is 0 Å². The van der Waals surface area contributed by atoms with Gasteiger partial charge >= 0.3 is 0 Å². The molecule has 0 spiro atoms. The van der Waals surface area contributed by atoms with Gasteiger partial charge in [0, 0.05) is 29.6 Å². The Hall–Kier alpha value is -3.30. The largest absolute Gasteiger partial charge is 0.368 e. The zero-order chi connectivity index (χ0) is 19.1. The molecule has 0 radical (unpaired) electrons. The monoisotopic (exact) mass is 401 g/mol.